The Hall–Kier alpha value is -3.48. The number of rotatable bonds is 7. The van der Waals surface area contributed by atoms with E-state index in [0.717, 1.165) is 22.8 Å². The van der Waals surface area contributed by atoms with E-state index in [2.05, 4.69) is 37.6 Å². The summed E-state index contributed by atoms with van der Waals surface area (Å²) in [5.41, 5.74) is 3.76. The smallest absolute Gasteiger partial charge is 0.229 e. The molecular formula is C21H25N5O2. The Morgan fingerprint density at radius 1 is 0.786 bits per heavy atom. The van der Waals surface area contributed by atoms with Gasteiger partial charge in [-0.15, -0.1) is 0 Å². The van der Waals surface area contributed by atoms with E-state index in [1.807, 2.05) is 57.4 Å². The van der Waals surface area contributed by atoms with E-state index in [1.54, 1.807) is 14.2 Å². The van der Waals surface area contributed by atoms with Gasteiger partial charge in [-0.1, -0.05) is 0 Å². The van der Waals surface area contributed by atoms with Gasteiger partial charge in [0, 0.05) is 49.0 Å². The normalized spacial score (nSPS) is 10.3. The summed E-state index contributed by atoms with van der Waals surface area (Å²) in [4.78, 5) is 11.1. The molecule has 0 amide bonds. The summed E-state index contributed by atoms with van der Waals surface area (Å²) in [6.07, 6.45) is 0. The lowest BCUT2D eigenvalue weighted by Crippen LogP contribution is -2.08. The third-order valence-electron chi connectivity index (χ3n) is 4.15. The van der Waals surface area contributed by atoms with Crippen molar-refractivity contribution in [1.29, 1.82) is 0 Å². The minimum absolute atomic E-state index is 0.500. The van der Waals surface area contributed by atoms with Crippen LogP contribution < -0.4 is 25.0 Å². The summed E-state index contributed by atoms with van der Waals surface area (Å²) in [7, 11) is 7.25. The van der Waals surface area contributed by atoms with Gasteiger partial charge in [-0.05, 0) is 43.3 Å². The molecule has 28 heavy (non-hydrogen) atoms. The summed E-state index contributed by atoms with van der Waals surface area (Å²) in [5, 5.41) is 6.54. The molecule has 0 bridgehead atoms. The Bertz CT molecular complexity index is 942. The number of anilines is 5. The Morgan fingerprint density at radius 3 is 2.11 bits per heavy atom. The van der Waals surface area contributed by atoms with Gasteiger partial charge < -0.3 is 25.0 Å². The maximum Gasteiger partial charge on any atom is 0.229 e. The summed E-state index contributed by atoms with van der Waals surface area (Å²) < 4.78 is 10.6. The SMILES string of the molecule is COc1ccc(Nc2nc(C)cc(Nc3ccc(N(C)C)cc3)n2)cc1OC. The molecule has 0 spiro atoms. The number of benzene rings is 2. The maximum absolute atomic E-state index is 5.35. The predicted octanol–water partition coefficient (Wildman–Crippen LogP) is 4.36. The second-order valence-electron chi connectivity index (χ2n) is 6.48. The first-order valence-electron chi connectivity index (χ1n) is 8.87. The van der Waals surface area contributed by atoms with Gasteiger partial charge in [0.25, 0.3) is 0 Å². The fraction of sp³-hybridized carbons (Fsp3) is 0.238. The Morgan fingerprint density at radius 2 is 1.46 bits per heavy atom. The molecule has 1 heterocycles. The largest absolute Gasteiger partial charge is 0.493 e. The van der Waals surface area contributed by atoms with Crippen molar-refractivity contribution in [3.63, 3.8) is 0 Å². The van der Waals surface area contributed by atoms with Crippen molar-refractivity contribution in [1.82, 2.24) is 9.97 Å². The van der Waals surface area contributed by atoms with Gasteiger partial charge in [-0.25, -0.2) is 4.98 Å². The minimum atomic E-state index is 0.500. The number of nitrogens with one attached hydrogen (secondary N) is 2. The molecule has 7 nitrogen and oxygen atoms in total. The van der Waals surface area contributed by atoms with E-state index >= 15 is 0 Å². The van der Waals surface area contributed by atoms with Crippen LogP contribution in [0.1, 0.15) is 5.69 Å². The van der Waals surface area contributed by atoms with Crippen molar-refractivity contribution in [2.45, 2.75) is 6.92 Å². The van der Waals surface area contributed by atoms with E-state index in [-0.39, 0.29) is 0 Å². The van der Waals surface area contributed by atoms with Crippen molar-refractivity contribution in [2.24, 2.45) is 0 Å². The highest BCUT2D eigenvalue weighted by Crippen LogP contribution is 2.31. The number of aromatic nitrogens is 2. The van der Waals surface area contributed by atoms with Crippen molar-refractivity contribution >= 4 is 28.8 Å². The lowest BCUT2D eigenvalue weighted by molar-refractivity contribution is 0.355. The molecule has 0 saturated carbocycles. The van der Waals surface area contributed by atoms with Crippen LogP contribution in [-0.2, 0) is 0 Å². The molecule has 2 aromatic carbocycles. The number of methoxy groups -OCH3 is 2. The highest BCUT2D eigenvalue weighted by molar-refractivity contribution is 5.64. The number of hydrogen-bond donors (Lipinski definition) is 2. The van der Waals surface area contributed by atoms with Crippen LogP contribution in [0.5, 0.6) is 11.5 Å². The second kappa shape index (κ2) is 8.47. The van der Waals surface area contributed by atoms with E-state index in [4.69, 9.17) is 9.47 Å². The standard InChI is InChI=1S/C21H25N5O2/c1-14-12-20(23-15-6-9-17(10-7-15)26(2)3)25-21(22-14)24-16-8-11-18(27-4)19(13-16)28-5/h6-13H,1-5H3,(H2,22,23,24,25). The van der Waals surface area contributed by atoms with Gasteiger partial charge in [0.1, 0.15) is 5.82 Å². The van der Waals surface area contributed by atoms with Gasteiger partial charge in [0.05, 0.1) is 14.2 Å². The first-order chi connectivity index (χ1) is 13.5. The van der Waals surface area contributed by atoms with Crippen LogP contribution in [-0.4, -0.2) is 38.3 Å². The Kier molecular flexibility index (Phi) is 5.84. The summed E-state index contributed by atoms with van der Waals surface area (Å²) in [5.74, 6) is 2.52. The zero-order chi connectivity index (χ0) is 20.1. The zero-order valence-electron chi connectivity index (χ0n) is 16.8. The topological polar surface area (TPSA) is 71.5 Å². The lowest BCUT2D eigenvalue weighted by Gasteiger charge is -2.14. The van der Waals surface area contributed by atoms with Gasteiger partial charge in [0.15, 0.2) is 11.5 Å². The van der Waals surface area contributed by atoms with E-state index in [0.29, 0.717) is 23.3 Å². The van der Waals surface area contributed by atoms with Crippen LogP contribution in [0, 0.1) is 6.92 Å². The lowest BCUT2D eigenvalue weighted by atomic mass is 10.2. The molecule has 0 aliphatic rings. The first kappa shape index (κ1) is 19.3. The van der Waals surface area contributed by atoms with Crippen molar-refractivity contribution in [2.75, 3.05) is 43.8 Å². The zero-order valence-corrected chi connectivity index (χ0v) is 16.8. The van der Waals surface area contributed by atoms with Crippen LogP contribution in [0.3, 0.4) is 0 Å². The average molecular weight is 379 g/mol. The van der Waals surface area contributed by atoms with Crippen LogP contribution in [0.15, 0.2) is 48.5 Å². The van der Waals surface area contributed by atoms with Gasteiger partial charge in [-0.2, -0.15) is 4.98 Å². The van der Waals surface area contributed by atoms with Crippen LogP contribution in [0.2, 0.25) is 0 Å². The van der Waals surface area contributed by atoms with E-state index in [1.165, 1.54) is 0 Å². The molecule has 146 valence electrons. The summed E-state index contributed by atoms with van der Waals surface area (Å²) >= 11 is 0. The number of hydrogen-bond acceptors (Lipinski definition) is 7. The highest BCUT2D eigenvalue weighted by Gasteiger charge is 2.08. The third-order valence-corrected chi connectivity index (χ3v) is 4.15. The second-order valence-corrected chi connectivity index (χ2v) is 6.48. The minimum Gasteiger partial charge on any atom is -0.493 e. The fourth-order valence-electron chi connectivity index (χ4n) is 2.72. The summed E-state index contributed by atoms with van der Waals surface area (Å²) in [6, 6.07) is 15.6. The molecule has 0 aliphatic heterocycles. The summed E-state index contributed by atoms with van der Waals surface area (Å²) in [6.45, 7) is 1.93. The molecule has 0 radical (unpaired) electrons. The van der Waals surface area contributed by atoms with E-state index < -0.39 is 0 Å². The monoisotopic (exact) mass is 379 g/mol. The average Bonchev–Trinajstić information content (AvgIpc) is 2.67. The first-order valence-corrected chi connectivity index (χ1v) is 8.87. The van der Waals surface area contributed by atoms with E-state index in [9.17, 15) is 0 Å². The molecule has 0 unspecified atom stereocenters. The van der Waals surface area contributed by atoms with Crippen molar-refractivity contribution < 1.29 is 9.47 Å². The van der Waals surface area contributed by atoms with Gasteiger partial charge in [0.2, 0.25) is 5.95 Å². The van der Waals surface area contributed by atoms with Crippen LogP contribution >= 0.6 is 0 Å². The molecule has 3 aromatic rings. The number of nitrogens with zero attached hydrogens (tertiary/aromatic N) is 3. The number of ether oxygens (including phenoxy) is 2. The molecule has 3 rings (SSSR count). The molecule has 7 heteroatoms. The molecule has 0 atom stereocenters. The van der Waals surface area contributed by atoms with Crippen LogP contribution in [0.4, 0.5) is 28.8 Å². The molecular weight excluding hydrogens is 354 g/mol. The Balaban J connectivity index is 1.79. The quantitative estimate of drug-likeness (QED) is 0.632. The third kappa shape index (κ3) is 4.62. The Labute approximate surface area is 165 Å². The predicted molar refractivity (Wildman–Crippen MR) is 114 cm³/mol. The number of aryl methyl sites for hydroxylation is 1. The molecule has 1 aromatic heterocycles. The molecule has 0 saturated heterocycles. The van der Waals surface area contributed by atoms with Gasteiger partial charge >= 0.3 is 0 Å². The fourth-order valence-corrected chi connectivity index (χ4v) is 2.72. The molecule has 0 fully saturated rings. The van der Waals surface area contributed by atoms with Crippen molar-refractivity contribution in [3.8, 4) is 11.5 Å². The highest BCUT2D eigenvalue weighted by atomic mass is 16.5. The molecule has 2 N–H and O–H groups in total. The maximum atomic E-state index is 5.35. The van der Waals surface area contributed by atoms with Crippen molar-refractivity contribution in [3.05, 3.63) is 54.2 Å². The van der Waals surface area contributed by atoms with Gasteiger partial charge in [-0.3, -0.25) is 0 Å². The molecule has 0 aliphatic carbocycles. The van der Waals surface area contributed by atoms with Crippen LogP contribution in [0.25, 0.3) is 0 Å².